The molecule has 0 aliphatic carbocycles. The summed E-state index contributed by atoms with van der Waals surface area (Å²) in [4.78, 5) is 39.7. The Morgan fingerprint density at radius 1 is 0.250 bits per heavy atom. The topological polar surface area (TPSA) is 103 Å². The van der Waals surface area contributed by atoms with Crippen LogP contribution < -0.4 is 0 Å². The predicted molar refractivity (Wildman–Crippen MR) is 240 cm³/mol. The van der Waals surface area contributed by atoms with Crippen LogP contribution in [-0.4, -0.2) is 39.9 Å². The molecule has 0 atom stereocenters. The normalized spacial score (nSPS) is 11.7. The van der Waals surface area contributed by atoms with E-state index in [1.54, 1.807) is 12.4 Å². The Morgan fingerprint density at radius 2 is 0.633 bits per heavy atom. The van der Waals surface area contributed by atoms with Crippen LogP contribution in [-0.2, 0) is 0 Å². The van der Waals surface area contributed by atoms with Crippen LogP contribution in [0, 0.1) is 0 Å². The molecule has 0 aliphatic heterocycles. The van der Waals surface area contributed by atoms with Crippen molar-refractivity contribution < 1.29 is 0 Å². The third kappa shape index (κ3) is 5.54. The van der Waals surface area contributed by atoms with Crippen molar-refractivity contribution in [3.8, 4) is 68.3 Å². The van der Waals surface area contributed by atoms with Crippen LogP contribution in [0.1, 0.15) is 0 Å². The Labute approximate surface area is 343 Å². The van der Waals surface area contributed by atoms with Crippen molar-refractivity contribution in [1.82, 2.24) is 39.9 Å². The van der Waals surface area contributed by atoms with Gasteiger partial charge in [0.2, 0.25) is 0 Å². The van der Waals surface area contributed by atoms with Gasteiger partial charge in [-0.3, -0.25) is 9.97 Å². The van der Waals surface area contributed by atoms with E-state index in [0.717, 1.165) is 87.2 Å². The lowest BCUT2D eigenvalue weighted by atomic mass is 9.89. The van der Waals surface area contributed by atoms with Gasteiger partial charge in [-0.1, -0.05) is 133 Å². The minimum absolute atomic E-state index is 0.590. The molecule has 0 saturated heterocycles. The monoisotopic (exact) mass is 766 g/mol. The Hall–Kier alpha value is -8.36. The maximum absolute atomic E-state index is 5.21. The van der Waals surface area contributed by atoms with E-state index in [9.17, 15) is 0 Å². The first kappa shape index (κ1) is 33.7. The number of benzene rings is 8. The van der Waals surface area contributed by atoms with Gasteiger partial charge in [0.25, 0.3) is 0 Å². The molecule has 0 fully saturated rings. The van der Waals surface area contributed by atoms with E-state index in [2.05, 4.69) is 82.8 Å². The van der Waals surface area contributed by atoms with E-state index in [-0.39, 0.29) is 0 Å². The van der Waals surface area contributed by atoms with Gasteiger partial charge in [-0.25, -0.2) is 29.9 Å². The van der Waals surface area contributed by atoms with E-state index in [0.29, 0.717) is 34.9 Å². The molecule has 278 valence electrons. The Morgan fingerprint density at radius 3 is 1.07 bits per heavy atom. The molecule has 12 aromatic rings. The van der Waals surface area contributed by atoms with Gasteiger partial charge >= 0.3 is 0 Å². The zero-order valence-corrected chi connectivity index (χ0v) is 31.9. The highest BCUT2D eigenvalue weighted by molar-refractivity contribution is 6.27. The third-order valence-electron chi connectivity index (χ3n) is 11.3. The molecule has 0 spiro atoms. The van der Waals surface area contributed by atoms with Gasteiger partial charge in [0.05, 0.1) is 0 Å². The summed E-state index contributed by atoms with van der Waals surface area (Å²) in [5, 5.41) is 10.7. The molecule has 0 unspecified atom stereocenters. The molecule has 0 bridgehead atoms. The zero-order valence-electron chi connectivity index (χ0n) is 31.9. The average Bonchev–Trinajstić information content (AvgIpc) is 3.33. The quantitative estimate of drug-likeness (QED) is 0.154. The maximum atomic E-state index is 5.21. The van der Waals surface area contributed by atoms with Crippen molar-refractivity contribution in [2.24, 2.45) is 0 Å². The number of fused-ring (bicyclic) bond motifs is 2. The SMILES string of the molecule is c1ccc(-c2nc(-c3cccc4ccncc34)nc(-c3ccc4ccc5c(-c6nc(-c7ccccc7)nc(-c7cccc8ccncc78)n6)ccc6ccc3c4c65)n2)cc1. The number of rotatable bonds is 6. The van der Waals surface area contributed by atoms with Crippen LogP contribution in [0.25, 0.3) is 122 Å². The first-order chi connectivity index (χ1) is 29.7. The number of hydrogen-bond donors (Lipinski definition) is 0. The summed E-state index contributed by atoms with van der Waals surface area (Å²) in [6.07, 6.45) is 7.37. The molecule has 0 amide bonds. The van der Waals surface area contributed by atoms with Crippen molar-refractivity contribution >= 4 is 53.9 Å². The lowest BCUT2D eigenvalue weighted by Crippen LogP contribution is -2.02. The molecule has 12 rings (SSSR count). The number of pyridine rings is 2. The van der Waals surface area contributed by atoms with E-state index in [1.807, 2.05) is 97.3 Å². The summed E-state index contributed by atoms with van der Waals surface area (Å²) in [5.74, 6) is 3.58. The molecule has 0 N–H and O–H groups in total. The summed E-state index contributed by atoms with van der Waals surface area (Å²) < 4.78 is 0. The molecule has 4 aromatic heterocycles. The standard InChI is InChI=1S/C52H30N8/c1-3-9-35(10-4-1)47-55-49(39-15-7-13-31-25-27-53-29-43(31)39)59-51(57-47)41-23-19-33-18-22-38-42(24-20-34-17-21-37(41)45(33)46(34)38)52-58-48(36-11-5-2-6-12-36)56-50(60-52)40-16-8-14-32-26-28-54-30-44(32)40/h1-30H. The van der Waals surface area contributed by atoms with Gasteiger partial charge in [-0.05, 0) is 67.4 Å². The first-order valence-electron chi connectivity index (χ1n) is 19.7. The molecule has 4 heterocycles. The third-order valence-corrected chi connectivity index (χ3v) is 11.3. The van der Waals surface area contributed by atoms with E-state index in [4.69, 9.17) is 29.9 Å². The summed E-state index contributed by atoms with van der Waals surface area (Å²) >= 11 is 0. The maximum Gasteiger partial charge on any atom is 0.164 e. The Balaban J connectivity index is 1.09. The molecular formula is C52H30N8. The summed E-state index contributed by atoms with van der Waals surface area (Å²) in [6, 6.07) is 53.9. The van der Waals surface area contributed by atoms with Gasteiger partial charge in [0.1, 0.15) is 0 Å². The molecular weight excluding hydrogens is 737 g/mol. The van der Waals surface area contributed by atoms with Crippen LogP contribution in [0.15, 0.2) is 183 Å². The lowest BCUT2D eigenvalue weighted by Gasteiger charge is -2.17. The number of aromatic nitrogens is 8. The van der Waals surface area contributed by atoms with Crippen molar-refractivity contribution in [3.05, 3.63) is 183 Å². The smallest absolute Gasteiger partial charge is 0.164 e. The molecule has 8 heteroatoms. The molecule has 60 heavy (non-hydrogen) atoms. The van der Waals surface area contributed by atoms with Crippen LogP contribution in [0.3, 0.4) is 0 Å². The second-order valence-corrected chi connectivity index (χ2v) is 14.8. The largest absolute Gasteiger partial charge is 0.264 e. The lowest BCUT2D eigenvalue weighted by molar-refractivity contribution is 1.08. The summed E-state index contributed by atoms with van der Waals surface area (Å²) in [5.41, 5.74) is 5.45. The van der Waals surface area contributed by atoms with Gasteiger partial charge in [0.15, 0.2) is 34.9 Å². The zero-order chi connectivity index (χ0) is 39.6. The number of nitrogens with zero attached hydrogens (tertiary/aromatic N) is 8. The van der Waals surface area contributed by atoms with Crippen LogP contribution in [0.5, 0.6) is 0 Å². The van der Waals surface area contributed by atoms with Crippen molar-refractivity contribution in [2.45, 2.75) is 0 Å². The van der Waals surface area contributed by atoms with Gasteiger partial charge in [-0.15, -0.1) is 0 Å². The molecule has 8 aromatic carbocycles. The average molecular weight is 767 g/mol. The van der Waals surface area contributed by atoms with Crippen molar-refractivity contribution in [2.75, 3.05) is 0 Å². The van der Waals surface area contributed by atoms with Crippen LogP contribution >= 0.6 is 0 Å². The minimum Gasteiger partial charge on any atom is -0.264 e. The van der Waals surface area contributed by atoms with Crippen molar-refractivity contribution in [1.29, 1.82) is 0 Å². The Bertz CT molecular complexity index is 3360. The number of hydrogen-bond acceptors (Lipinski definition) is 8. The van der Waals surface area contributed by atoms with Gasteiger partial charge in [-0.2, -0.15) is 0 Å². The van der Waals surface area contributed by atoms with Crippen LogP contribution in [0.2, 0.25) is 0 Å². The predicted octanol–water partition coefficient (Wildman–Crippen LogP) is 12.1. The first-order valence-corrected chi connectivity index (χ1v) is 19.7. The fourth-order valence-corrected chi connectivity index (χ4v) is 8.47. The fourth-order valence-electron chi connectivity index (χ4n) is 8.47. The van der Waals surface area contributed by atoms with Crippen LogP contribution in [0.4, 0.5) is 0 Å². The molecule has 8 nitrogen and oxygen atoms in total. The second-order valence-electron chi connectivity index (χ2n) is 14.8. The minimum atomic E-state index is 0.590. The summed E-state index contributed by atoms with van der Waals surface area (Å²) in [7, 11) is 0. The highest BCUT2D eigenvalue weighted by Gasteiger charge is 2.21. The fraction of sp³-hybridized carbons (Fsp3) is 0. The summed E-state index contributed by atoms with van der Waals surface area (Å²) in [6.45, 7) is 0. The highest BCUT2D eigenvalue weighted by Crippen LogP contribution is 2.42. The molecule has 0 radical (unpaired) electrons. The molecule has 0 saturated carbocycles. The van der Waals surface area contributed by atoms with Gasteiger partial charge < -0.3 is 0 Å². The van der Waals surface area contributed by atoms with E-state index >= 15 is 0 Å². The second kappa shape index (κ2) is 13.6. The highest BCUT2D eigenvalue weighted by atomic mass is 15.0. The van der Waals surface area contributed by atoms with Gasteiger partial charge in [0, 0.05) is 68.9 Å². The Kier molecular flexibility index (Phi) is 7.67. The van der Waals surface area contributed by atoms with Crippen molar-refractivity contribution in [3.63, 3.8) is 0 Å². The molecule has 0 aliphatic rings. The van der Waals surface area contributed by atoms with E-state index < -0.39 is 0 Å². The van der Waals surface area contributed by atoms with E-state index in [1.165, 1.54) is 0 Å².